The Hall–Kier alpha value is -1.48. The van der Waals surface area contributed by atoms with Crippen LogP contribution in [0.4, 0.5) is 0 Å². The highest BCUT2D eigenvalue weighted by Gasteiger charge is 2.06. The van der Waals surface area contributed by atoms with Gasteiger partial charge in [0.2, 0.25) is 0 Å². The van der Waals surface area contributed by atoms with Gasteiger partial charge in [-0.15, -0.1) is 35.3 Å². The Labute approximate surface area is 177 Å². The summed E-state index contributed by atoms with van der Waals surface area (Å²) in [5, 5.41) is 6.66. The summed E-state index contributed by atoms with van der Waals surface area (Å²) >= 11 is 1.80. The first kappa shape index (κ1) is 22.6. The van der Waals surface area contributed by atoms with Crippen LogP contribution in [-0.2, 0) is 13.1 Å². The van der Waals surface area contributed by atoms with Crippen molar-refractivity contribution >= 4 is 41.3 Å². The van der Waals surface area contributed by atoms with Crippen LogP contribution in [0.15, 0.2) is 35.3 Å². The molecule has 2 aromatic rings. The molecule has 0 unspecified atom stereocenters. The molecule has 7 heteroatoms. The molecule has 0 radical (unpaired) electrons. The fourth-order valence-corrected chi connectivity index (χ4v) is 3.18. The van der Waals surface area contributed by atoms with Crippen molar-refractivity contribution in [3.8, 4) is 11.5 Å². The first-order valence-electron chi connectivity index (χ1n) is 8.53. The third-order valence-corrected chi connectivity index (χ3v) is 4.52. The third-order valence-electron chi connectivity index (χ3n) is 3.52. The van der Waals surface area contributed by atoms with Crippen molar-refractivity contribution in [1.29, 1.82) is 0 Å². The van der Waals surface area contributed by atoms with Gasteiger partial charge in [0.05, 0.1) is 26.8 Å². The number of ether oxygens (including phenoxy) is 2. The number of nitrogens with zero attached hydrogens (tertiary/aromatic N) is 1. The Morgan fingerprint density at radius 3 is 2.54 bits per heavy atom. The van der Waals surface area contributed by atoms with Crippen molar-refractivity contribution in [2.45, 2.75) is 33.9 Å². The summed E-state index contributed by atoms with van der Waals surface area (Å²) in [6.07, 6.45) is 0. The van der Waals surface area contributed by atoms with Crippen LogP contribution >= 0.6 is 35.3 Å². The van der Waals surface area contributed by atoms with Gasteiger partial charge in [0, 0.05) is 16.3 Å². The van der Waals surface area contributed by atoms with Gasteiger partial charge in [-0.25, -0.2) is 4.99 Å². The SMILES string of the molecule is CCNC(=NCc1ccc(OC)c(OCC)c1)NCc1ccc(C)s1.I. The second-order valence-corrected chi connectivity index (χ2v) is 6.85. The molecule has 2 rings (SSSR count). The van der Waals surface area contributed by atoms with Gasteiger partial charge in [0.1, 0.15) is 0 Å². The summed E-state index contributed by atoms with van der Waals surface area (Å²) < 4.78 is 10.9. The maximum absolute atomic E-state index is 5.63. The average Bonchev–Trinajstić information content (AvgIpc) is 3.03. The monoisotopic (exact) mass is 489 g/mol. The lowest BCUT2D eigenvalue weighted by atomic mass is 10.2. The fourth-order valence-electron chi connectivity index (χ4n) is 2.35. The molecule has 26 heavy (non-hydrogen) atoms. The van der Waals surface area contributed by atoms with Gasteiger partial charge < -0.3 is 20.1 Å². The van der Waals surface area contributed by atoms with Crippen molar-refractivity contribution in [3.05, 3.63) is 45.6 Å². The molecule has 0 aliphatic rings. The number of halogens is 1. The van der Waals surface area contributed by atoms with Gasteiger partial charge in [-0.2, -0.15) is 0 Å². The van der Waals surface area contributed by atoms with Crippen LogP contribution in [-0.4, -0.2) is 26.2 Å². The number of nitrogens with one attached hydrogen (secondary N) is 2. The van der Waals surface area contributed by atoms with Crippen LogP contribution in [0.3, 0.4) is 0 Å². The molecule has 0 aliphatic heterocycles. The number of benzene rings is 1. The number of hydrogen-bond acceptors (Lipinski definition) is 4. The van der Waals surface area contributed by atoms with Crippen LogP contribution in [0.2, 0.25) is 0 Å². The van der Waals surface area contributed by atoms with E-state index in [0.717, 1.165) is 36.1 Å². The Morgan fingerprint density at radius 2 is 1.92 bits per heavy atom. The van der Waals surface area contributed by atoms with Crippen LogP contribution in [0, 0.1) is 6.92 Å². The van der Waals surface area contributed by atoms with Crippen molar-refractivity contribution in [1.82, 2.24) is 10.6 Å². The maximum atomic E-state index is 5.63. The van der Waals surface area contributed by atoms with E-state index in [4.69, 9.17) is 9.47 Å². The number of guanidine groups is 1. The molecule has 5 nitrogen and oxygen atoms in total. The number of aryl methyl sites for hydroxylation is 1. The highest BCUT2D eigenvalue weighted by Crippen LogP contribution is 2.28. The van der Waals surface area contributed by atoms with Gasteiger partial charge in [-0.3, -0.25) is 0 Å². The molecule has 0 fully saturated rings. The molecule has 144 valence electrons. The average molecular weight is 489 g/mol. The molecule has 0 saturated carbocycles. The normalized spacial score (nSPS) is 10.8. The zero-order valence-electron chi connectivity index (χ0n) is 15.8. The molecule has 1 heterocycles. The Kier molecular flexibility index (Phi) is 10.4. The lowest BCUT2D eigenvalue weighted by Gasteiger charge is -2.12. The predicted octanol–water partition coefficient (Wildman–Crippen LogP) is 4.34. The molecule has 1 aromatic carbocycles. The highest BCUT2D eigenvalue weighted by molar-refractivity contribution is 14.0. The minimum atomic E-state index is 0. The van der Waals surface area contributed by atoms with Gasteiger partial charge in [-0.1, -0.05) is 6.07 Å². The summed E-state index contributed by atoms with van der Waals surface area (Å²) in [5.41, 5.74) is 1.08. The van der Waals surface area contributed by atoms with Crippen LogP contribution in [0.1, 0.15) is 29.2 Å². The summed E-state index contributed by atoms with van der Waals surface area (Å²) in [6, 6.07) is 10.2. The zero-order valence-corrected chi connectivity index (χ0v) is 18.9. The quantitative estimate of drug-likeness (QED) is 0.329. The van der Waals surface area contributed by atoms with E-state index >= 15 is 0 Å². The van der Waals surface area contributed by atoms with E-state index in [0.29, 0.717) is 13.2 Å². The second kappa shape index (κ2) is 12.0. The smallest absolute Gasteiger partial charge is 0.191 e. The van der Waals surface area contributed by atoms with Crippen molar-refractivity contribution in [3.63, 3.8) is 0 Å². The van der Waals surface area contributed by atoms with E-state index < -0.39 is 0 Å². The van der Waals surface area contributed by atoms with Crippen molar-refractivity contribution < 1.29 is 9.47 Å². The van der Waals surface area contributed by atoms with Crippen LogP contribution in [0.25, 0.3) is 0 Å². The van der Waals surface area contributed by atoms with Gasteiger partial charge in [0.15, 0.2) is 17.5 Å². The summed E-state index contributed by atoms with van der Waals surface area (Å²) in [7, 11) is 1.65. The van der Waals surface area contributed by atoms with Gasteiger partial charge in [0.25, 0.3) is 0 Å². The van der Waals surface area contributed by atoms with Crippen molar-refractivity contribution in [2.24, 2.45) is 4.99 Å². The van der Waals surface area contributed by atoms with Gasteiger partial charge >= 0.3 is 0 Å². The Bertz CT molecular complexity index is 704. The van der Waals surface area contributed by atoms with Crippen molar-refractivity contribution in [2.75, 3.05) is 20.3 Å². The summed E-state index contributed by atoms with van der Waals surface area (Å²) in [6.45, 7) is 8.92. The Balaban J connectivity index is 0.00000338. The van der Waals surface area contributed by atoms with Crippen LogP contribution < -0.4 is 20.1 Å². The van der Waals surface area contributed by atoms with Gasteiger partial charge in [-0.05, 0) is 50.6 Å². The van der Waals surface area contributed by atoms with E-state index in [1.807, 2.05) is 25.1 Å². The zero-order chi connectivity index (χ0) is 18.1. The lowest BCUT2D eigenvalue weighted by molar-refractivity contribution is 0.310. The molecule has 0 spiro atoms. The van der Waals surface area contributed by atoms with E-state index in [1.165, 1.54) is 9.75 Å². The second-order valence-electron chi connectivity index (χ2n) is 5.48. The number of aliphatic imine (C=N–C) groups is 1. The molecule has 2 N–H and O–H groups in total. The number of hydrogen-bond donors (Lipinski definition) is 2. The Morgan fingerprint density at radius 1 is 1.12 bits per heavy atom. The molecule has 1 aromatic heterocycles. The number of rotatable bonds is 8. The highest BCUT2D eigenvalue weighted by atomic mass is 127. The van der Waals surface area contributed by atoms with E-state index in [2.05, 4.69) is 41.6 Å². The molecular formula is C19H28IN3O2S. The first-order valence-corrected chi connectivity index (χ1v) is 9.35. The molecule has 0 atom stereocenters. The summed E-state index contributed by atoms with van der Waals surface area (Å²) in [5.74, 6) is 2.31. The first-order chi connectivity index (χ1) is 12.2. The molecule has 0 amide bonds. The number of methoxy groups -OCH3 is 1. The topological polar surface area (TPSA) is 54.9 Å². The molecular weight excluding hydrogens is 461 g/mol. The molecule has 0 bridgehead atoms. The minimum absolute atomic E-state index is 0. The number of thiophene rings is 1. The van der Waals surface area contributed by atoms with E-state index in [-0.39, 0.29) is 24.0 Å². The predicted molar refractivity (Wildman–Crippen MR) is 120 cm³/mol. The largest absolute Gasteiger partial charge is 0.493 e. The molecule has 0 aliphatic carbocycles. The van der Waals surface area contributed by atoms with Crippen LogP contribution in [0.5, 0.6) is 11.5 Å². The summed E-state index contributed by atoms with van der Waals surface area (Å²) in [4.78, 5) is 7.28. The minimum Gasteiger partial charge on any atom is -0.493 e. The van der Waals surface area contributed by atoms with E-state index in [1.54, 1.807) is 18.4 Å². The maximum Gasteiger partial charge on any atom is 0.191 e. The lowest BCUT2D eigenvalue weighted by Crippen LogP contribution is -2.36. The standard InChI is InChI=1S/C19H27N3O2S.HI/c1-5-20-19(22-13-16-9-7-14(3)25-16)21-12-15-8-10-17(23-4)18(11-15)24-6-2;/h7-11H,5-6,12-13H2,1-4H3,(H2,20,21,22);1H. The third kappa shape index (κ3) is 7.03. The molecule has 0 saturated heterocycles. The van der Waals surface area contributed by atoms with E-state index in [9.17, 15) is 0 Å². The fraction of sp³-hybridized carbons (Fsp3) is 0.421.